The molecule has 0 aliphatic rings. The van der Waals surface area contributed by atoms with Gasteiger partial charge >= 0.3 is 6.18 Å². The fraction of sp³-hybridized carbons (Fsp3) is 0.429. The number of alkyl halides is 3. The summed E-state index contributed by atoms with van der Waals surface area (Å²) >= 11 is 2.18. The molecule has 0 fully saturated rings. The SMILES string of the molecule is CSc1nc(C)c(CCC(=O)Nc2nc(C(F)(F)F)cs2)c(C)n1. The molecule has 2 aromatic rings. The van der Waals surface area contributed by atoms with Gasteiger partial charge in [0.25, 0.3) is 0 Å². The minimum absolute atomic E-state index is 0.0604. The van der Waals surface area contributed by atoms with E-state index in [2.05, 4.69) is 20.3 Å². The van der Waals surface area contributed by atoms with Crippen molar-refractivity contribution in [3.05, 3.63) is 28.0 Å². The van der Waals surface area contributed by atoms with Crippen molar-refractivity contribution >= 4 is 34.1 Å². The fourth-order valence-corrected chi connectivity index (χ4v) is 3.23. The van der Waals surface area contributed by atoms with Gasteiger partial charge < -0.3 is 5.32 Å². The number of nitrogens with zero attached hydrogens (tertiary/aromatic N) is 3. The zero-order chi connectivity index (χ0) is 17.9. The molecule has 0 saturated heterocycles. The third-order valence-corrected chi connectivity index (χ3v) is 4.53. The van der Waals surface area contributed by atoms with Crippen LogP contribution in [0.2, 0.25) is 0 Å². The standard InChI is InChI=1S/C14H15F3N4OS2/c1-7-9(8(2)19-12(18-7)23-3)4-5-11(22)21-13-20-10(6-24-13)14(15,16)17/h6H,4-5H2,1-3H3,(H,20,21,22). The smallest absolute Gasteiger partial charge is 0.302 e. The molecule has 10 heteroatoms. The molecule has 24 heavy (non-hydrogen) atoms. The van der Waals surface area contributed by atoms with Crippen molar-refractivity contribution < 1.29 is 18.0 Å². The van der Waals surface area contributed by atoms with E-state index in [-0.39, 0.29) is 11.6 Å². The number of thiazole rings is 1. The molecule has 0 aliphatic heterocycles. The predicted molar refractivity (Wildman–Crippen MR) is 87.4 cm³/mol. The van der Waals surface area contributed by atoms with Crippen molar-refractivity contribution in [2.75, 3.05) is 11.6 Å². The molecule has 0 radical (unpaired) electrons. The normalized spacial score (nSPS) is 11.6. The number of halogens is 3. The highest BCUT2D eigenvalue weighted by atomic mass is 32.2. The minimum atomic E-state index is -4.51. The predicted octanol–water partition coefficient (Wildman–Crippen LogP) is 3.86. The Morgan fingerprint density at radius 1 is 1.25 bits per heavy atom. The first kappa shape index (κ1) is 18.7. The molecule has 1 amide bonds. The summed E-state index contributed by atoms with van der Waals surface area (Å²) < 4.78 is 37.4. The highest BCUT2D eigenvalue weighted by Gasteiger charge is 2.33. The lowest BCUT2D eigenvalue weighted by Crippen LogP contribution is -2.14. The number of amides is 1. The van der Waals surface area contributed by atoms with Crippen molar-refractivity contribution in [1.29, 1.82) is 0 Å². The molecule has 5 nitrogen and oxygen atoms in total. The van der Waals surface area contributed by atoms with Gasteiger partial charge in [-0.05, 0) is 32.1 Å². The molecule has 0 unspecified atom stereocenters. The third-order valence-electron chi connectivity index (χ3n) is 3.23. The van der Waals surface area contributed by atoms with Gasteiger partial charge in [-0.1, -0.05) is 11.8 Å². The maximum absolute atomic E-state index is 12.5. The maximum atomic E-state index is 12.5. The summed E-state index contributed by atoms with van der Waals surface area (Å²) in [5.74, 6) is -0.397. The summed E-state index contributed by atoms with van der Waals surface area (Å²) in [7, 11) is 0. The second kappa shape index (κ2) is 7.47. The van der Waals surface area contributed by atoms with Gasteiger partial charge in [0.05, 0.1) is 0 Å². The second-order valence-electron chi connectivity index (χ2n) is 4.94. The summed E-state index contributed by atoms with van der Waals surface area (Å²) in [6.45, 7) is 3.69. The van der Waals surface area contributed by atoms with E-state index in [1.807, 2.05) is 20.1 Å². The minimum Gasteiger partial charge on any atom is -0.302 e. The molecule has 1 N–H and O–H groups in total. The molecule has 0 bridgehead atoms. The van der Waals surface area contributed by atoms with E-state index < -0.39 is 17.8 Å². The lowest BCUT2D eigenvalue weighted by atomic mass is 10.1. The van der Waals surface area contributed by atoms with E-state index in [1.54, 1.807) is 0 Å². The number of anilines is 1. The van der Waals surface area contributed by atoms with Gasteiger partial charge in [0.15, 0.2) is 16.0 Å². The van der Waals surface area contributed by atoms with E-state index in [4.69, 9.17) is 0 Å². The van der Waals surface area contributed by atoms with Crippen LogP contribution in [-0.4, -0.2) is 27.1 Å². The van der Waals surface area contributed by atoms with Crippen LogP contribution in [0.15, 0.2) is 10.5 Å². The molecule has 130 valence electrons. The lowest BCUT2D eigenvalue weighted by Gasteiger charge is -2.09. The van der Waals surface area contributed by atoms with Crippen molar-refractivity contribution in [2.45, 2.75) is 38.0 Å². The molecule has 0 atom stereocenters. The van der Waals surface area contributed by atoms with Gasteiger partial charge in [0, 0.05) is 23.2 Å². The van der Waals surface area contributed by atoms with Crippen LogP contribution in [-0.2, 0) is 17.4 Å². The zero-order valence-corrected chi connectivity index (χ0v) is 14.8. The van der Waals surface area contributed by atoms with Crippen LogP contribution in [0.3, 0.4) is 0 Å². The number of thioether (sulfide) groups is 1. The summed E-state index contributed by atoms with van der Waals surface area (Å²) in [6, 6.07) is 0. The van der Waals surface area contributed by atoms with Crippen LogP contribution >= 0.6 is 23.1 Å². The van der Waals surface area contributed by atoms with Crippen LogP contribution in [0.4, 0.5) is 18.3 Å². The quantitative estimate of drug-likeness (QED) is 0.634. The molecular weight excluding hydrogens is 361 g/mol. The Kier molecular flexibility index (Phi) is 5.81. The molecular formula is C14H15F3N4OS2. The monoisotopic (exact) mass is 376 g/mol. The molecule has 2 rings (SSSR count). The van der Waals surface area contributed by atoms with E-state index in [9.17, 15) is 18.0 Å². The number of hydrogen-bond acceptors (Lipinski definition) is 6. The van der Waals surface area contributed by atoms with Crippen molar-refractivity contribution in [3.8, 4) is 0 Å². The first-order chi connectivity index (χ1) is 11.2. The molecule has 0 saturated carbocycles. The van der Waals surface area contributed by atoms with Gasteiger partial charge in [0.1, 0.15) is 0 Å². The molecule has 0 aromatic carbocycles. The lowest BCUT2D eigenvalue weighted by molar-refractivity contribution is -0.140. The first-order valence-corrected chi connectivity index (χ1v) is 9.02. The molecule has 0 aliphatic carbocycles. The van der Waals surface area contributed by atoms with Crippen molar-refractivity contribution in [3.63, 3.8) is 0 Å². The Balaban J connectivity index is 1.98. The largest absolute Gasteiger partial charge is 0.434 e. The van der Waals surface area contributed by atoms with Gasteiger partial charge in [-0.15, -0.1) is 11.3 Å². The summed E-state index contributed by atoms with van der Waals surface area (Å²) in [4.78, 5) is 23.9. The number of nitrogens with one attached hydrogen (secondary N) is 1. The average molecular weight is 376 g/mol. The van der Waals surface area contributed by atoms with E-state index in [0.717, 1.165) is 33.7 Å². The Morgan fingerprint density at radius 2 is 1.88 bits per heavy atom. The van der Waals surface area contributed by atoms with Crippen LogP contribution in [0, 0.1) is 13.8 Å². The van der Waals surface area contributed by atoms with E-state index in [1.165, 1.54) is 11.8 Å². The van der Waals surface area contributed by atoms with Crippen LogP contribution in [0.1, 0.15) is 29.1 Å². The van der Waals surface area contributed by atoms with Crippen molar-refractivity contribution in [2.24, 2.45) is 0 Å². The number of aromatic nitrogens is 3. The Labute approximate surface area is 145 Å². The fourth-order valence-electron chi connectivity index (χ4n) is 2.04. The van der Waals surface area contributed by atoms with Crippen LogP contribution < -0.4 is 5.32 Å². The third kappa shape index (κ3) is 4.67. The maximum Gasteiger partial charge on any atom is 0.434 e. The average Bonchev–Trinajstić information content (AvgIpc) is 2.94. The van der Waals surface area contributed by atoms with Gasteiger partial charge in [-0.2, -0.15) is 13.2 Å². The molecule has 2 heterocycles. The Morgan fingerprint density at radius 3 is 2.38 bits per heavy atom. The van der Waals surface area contributed by atoms with Gasteiger partial charge in [-0.3, -0.25) is 4.79 Å². The van der Waals surface area contributed by atoms with Gasteiger partial charge in [0.2, 0.25) is 5.91 Å². The topological polar surface area (TPSA) is 67.8 Å². The Hall–Kier alpha value is -1.68. The van der Waals surface area contributed by atoms with E-state index >= 15 is 0 Å². The molecule has 2 aromatic heterocycles. The summed E-state index contributed by atoms with van der Waals surface area (Å²) in [5.41, 5.74) is 1.47. The van der Waals surface area contributed by atoms with Crippen LogP contribution in [0.25, 0.3) is 0 Å². The summed E-state index contributed by atoms with van der Waals surface area (Å²) in [6.07, 6.45) is -2.10. The van der Waals surface area contributed by atoms with Crippen molar-refractivity contribution in [1.82, 2.24) is 15.0 Å². The van der Waals surface area contributed by atoms with Crippen LogP contribution in [0.5, 0.6) is 0 Å². The number of hydrogen-bond donors (Lipinski definition) is 1. The van der Waals surface area contributed by atoms with E-state index in [0.29, 0.717) is 11.6 Å². The number of carbonyl (C=O) groups is 1. The molecule has 0 spiro atoms. The number of rotatable bonds is 5. The zero-order valence-electron chi connectivity index (χ0n) is 13.2. The number of aryl methyl sites for hydroxylation is 2. The highest BCUT2D eigenvalue weighted by Crippen LogP contribution is 2.31. The second-order valence-corrected chi connectivity index (χ2v) is 6.58. The highest BCUT2D eigenvalue weighted by molar-refractivity contribution is 7.98. The first-order valence-electron chi connectivity index (χ1n) is 6.91. The number of carbonyl (C=O) groups excluding carboxylic acids is 1. The van der Waals surface area contributed by atoms with Gasteiger partial charge in [-0.25, -0.2) is 15.0 Å². The Bertz CT molecular complexity index is 723. The summed E-state index contributed by atoms with van der Waals surface area (Å²) in [5, 5.41) is 3.87.